The van der Waals surface area contributed by atoms with Crippen LogP contribution in [-0.2, 0) is 33.7 Å². The predicted molar refractivity (Wildman–Crippen MR) is 257 cm³/mol. The van der Waals surface area contributed by atoms with E-state index in [0.717, 1.165) is 52.3 Å². The number of carbonyl (C=O) groups is 3. The summed E-state index contributed by atoms with van der Waals surface area (Å²) in [5.74, 6) is 0.576. The molecule has 0 saturated carbocycles. The van der Waals surface area contributed by atoms with Gasteiger partial charge in [-0.05, 0) is 90.4 Å². The van der Waals surface area contributed by atoms with Crippen molar-refractivity contribution in [3.63, 3.8) is 0 Å². The summed E-state index contributed by atoms with van der Waals surface area (Å²) in [6.07, 6.45) is 3.31. The molecule has 2 aliphatic heterocycles. The van der Waals surface area contributed by atoms with E-state index in [1.807, 2.05) is 104 Å². The molecule has 2 heterocycles. The minimum atomic E-state index is -0.917. The van der Waals surface area contributed by atoms with E-state index in [2.05, 4.69) is 26.2 Å². The van der Waals surface area contributed by atoms with Gasteiger partial charge in [0.25, 0.3) is 0 Å². The van der Waals surface area contributed by atoms with Gasteiger partial charge >= 0.3 is 6.09 Å². The number of phenols is 1. The fraction of sp³-hybridized carbons (Fsp3) is 0.327. The molecule has 3 atom stereocenters. The zero-order valence-corrected chi connectivity index (χ0v) is 37.7. The van der Waals surface area contributed by atoms with Crippen molar-refractivity contribution < 1.29 is 39.2 Å². The van der Waals surface area contributed by atoms with Crippen LogP contribution in [0.2, 0.25) is 0 Å². The third-order valence-electron chi connectivity index (χ3n) is 12.1. The Bertz CT molecular complexity index is 2470. The minimum Gasteiger partial charge on any atom is -0.506 e. The number of carbonyl (C=O) groups excluding carboxylic acids is 3. The summed E-state index contributed by atoms with van der Waals surface area (Å²) in [5, 5.41) is 43.4. The van der Waals surface area contributed by atoms with Gasteiger partial charge in [0.15, 0.2) is 0 Å². The van der Waals surface area contributed by atoms with Crippen LogP contribution in [0.5, 0.6) is 11.5 Å². The van der Waals surface area contributed by atoms with Gasteiger partial charge in [0.05, 0.1) is 31.0 Å². The molecule has 0 spiro atoms. The van der Waals surface area contributed by atoms with Crippen molar-refractivity contribution in [1.29, 1.82) is 0 Å². The van der Waals surface area contributed by atoms with Crippen LogP contribution >= 0.6 is 0 Å². The van der Waals surface area contributed by atoms with Crippen molar-refractivity contribution in [2.45, 2.75) is 70.1 Å². The van der Waals surface area contributed by atoms with E-state index in [1.165, 1.54) is 6.07 Å². The van der Waals surface area contributed by atoms with Gasteiger partial charge in [0, 0.05) is 69.0 Å². The molecule has 1 fully saturated rings. The first-order chi connectivity index (χ1) is 31.9. The SMILES string of the molecule is COc1ccc(CNC(=O)Cc2ccc(N(C)C(=O)CCN3CCC(OC(=O)Nc4ccccc4-c4ccccc4)CC3)cc2)cc1CC(C)NC[C@H](O)c1ccc(O)c2c1C=CC(O)N2. The van der Waals surface area contributed by atoms with Crippen molar-refractivity contribution in [3.05, 3.63) is 143 Å². The van der Waals surface area contributed by atoms with Crippen molar-refractivity contribution in [3.8, 4) is 22.6 Å². The number of likely N-dealkylation sites (tertiary alicyclic amines) is 1. The highest BCUT2D eigenvalue weighted by atomic mass is 16.6. The second-order valence-electron chi connectivity index (χ2n) is 16.9. The molecule has 346 valence electrons. The standard InChI is InChI=1S/C52H60N6O8/c1-34(53-33-46(60)42-18-20-45(59)51-43(42)19-22-48(61)56-51)29-38-30-36(15-21-47(38)65-3)32-54-49(62)31-35-13-16-39(17-14-35)57(2)50(63)25-28-58-26-23-40(24-27-58)66-52(64)55-44-12-8-7-11-41(44)37-9-5-4-6-10-37/h4-22,30,34,40,46,48,53,56,59-61H,23-29,31-33H2,1-3H3,(H,54,62)(H,55,64)/t34?,46-,48?/m0/s1. The van der Waals surface area contributed by atoms with Gasteiger partial charge < -0.3 is 50.5 Å². The zero-order chi connectivity index (χ0) is 46.6. The lowest BCUT2D eigenvalue weighted by Gasteiger charge is -2.31. The summed E-state index contributed by atoms with van der Waals surface area (Å²) < 4.78 is 11.4. The van der Waals surface area contributed by atoms with Crippen molar-refractivity contribution in [2.75, 3.05) is 55.9 Å². The molecule has 0 bridgehead atoms. The lowest BCUT2D eigenvalue weighted by Crippen LogP contribution is -2.40. The van der Waals surface area contributed by atoms with E-state index in [4.69, 9.17) is 9.47 Å². The molecule has 7 rings (SSSR count). The van der Waals surface area contributed by atoms with Gasteiger partial charge in [0.1, 0.15) is 23.8 Å². The number of fused-ring (bicyclic) bond motifs is 1. The van der Waals surface area contributed by atoms with Crippen LogP contribution in [0.15, 0.2) is 115 Å². The maximum atomic E-state index is 13.2. The quantitative estimate of drug-likeness (QED) is 0.0450. The second-order valence-corrected chi connectivity index (χ2v) is 16.9. The number of nitrogens with zero attached hydrogens (tertiary/aromatic N) is 2. The Morgan fingerprint density at radius 2 is 1.65 bits per heavy atom. The number of benzene rings is 5. The number of aliphatic hydroxyl groups is 2. The van der Waals surface area contributed by atoms with Crippen LogP contribution in [0.25, 0.3) is 17.2 Å². The number of ether oxygens (including phenoxy) is 2. The molecule has 2 unspecified atom stereocenters. The molecular weight excluding hydrogens is 837 g/mol. The van der Waals surface area contributed by atoms with E-state index in [1.54, 1.807) is 37.3 Å². The molecule has 0 aliphatic carbocycles. The Kier molecular flexibility index (Phi) is 16.1. The number of aliphatic hydroxyl groups excluding tert-OH is 2. The number of hydrogen-bond donors (Lipinski definition) is 7. The lowest BCUT2D eigenvalue weighted by atomic mass is 9.96. The van der Waals surface area contributed by atoms with E-state index in [0.29, 0.717) is 61.3 Å². The number of anilines is 3. The van der Waals surface area contributed by atoms with Crippen LogP contribution < -0.4 is 30.9 Å². The first-order valence-electron chi connectivity index (χ1n) is 22.5. The highest BCUT2D eigenvalue weighted by Gasteiger charge is 2.25. The summed E-state index contributed by atoms with van der Waals surface area (Å²) in [6.45, 7) is 4.67. The number of amides is 3. The molecule has 5 aromatic rings. The summed E-state index contributed by atoms with van der Waals surface area (Å²) in [6, 6.07) is 34.0. The second kappa shape index (κ2) is 22.5. The van der Waals surface area contributed by atoms with E-state index < -0.39 is 18.4 Å². The average molecular weight is 897 g/mol. The number of piperidine rings is 1. The molecule has 7 N–H and O–H groups in total. The lowest BCUT2D eigenvalue weighted by molar-refractivity contribution is -0.120. The number of nitrogens with one attached hydrogen (secondary N) is 4. The highest BCUT2D eigenvalue weighted by Crippen LogP contribution is 2.37. The maximum absolute atomic E-state index is 13.2. The predicted octanol–water partition coefficient (Wildman–Crippen LogP) is 7.00. The fourth-order valence-electron chi connectivity index (χ4n) is 8.41. The number of aromatic hydroxyl groups is 1. The van der Waals surface area contributed by atoms with Crippen molar-refractivity contribution in [1.82, 2.24) is 15.5 Å². The Hall–Kier alpha value is -6.71. The normalized spacial score (nSPS) is 15.7. The monoisotopic (exact) mass is 896 g/mol. The third kappa shape index (κ3) is 12.5. The van der Waals surface area contributed by atoms with Gasteiger partial charge in [-0.15, -0.1) is 0 Å². The van der Waals surface area contributed by atoms with Gasteiger partial charge in [0.2, 0.25) is 11.8 Å². The number of hydrogen-bond acceptors (Lipinski definition) is 11. The van der Waals surface area contributed by atoms with Crippen LogP contribution in [0.1, 0.15) is 60.1 Å². The van der Waals surface area contributed by atoms with Gasteiger partial charge in [-0.2, -0.15) is 0 Å². The van der Waals surface area contributed by atoms with Gasteiger partial charge in [-0.1, -0.05) is 84.9 Å². The molecule has 0 radical (unpaired) electrons. The smallest absolute Gasteiger partial charge is 0.411 e. The Labute approximate surface area is 386 Å². The first kappa shape index (κ1) is 47.3. The summed E-state index contributed by atoms with van der Waals surface area (Å²) >= 11 is 0. The average Bonchev–Trinajstić information content (AvgIpc) is 3.33. The third-order valence-corrected chi connectivity index (χ3v) is 12.1. The van der Waals surface area contributed by atoms with E-state index in [-0.39, 0.29) is 42.7 Å². The topological polar surface area (TPSA) is 185 Å². The Balaban J connectivity index is 0.809. The van der Waals surface area contributed by atoms with Crippen LogP contribution in [0.3, 0.4) is 0 Å². The largest absolute Gasteiger partial charge is 0.506 e. The Morgan fingerprint density at radius 3 is 2.41 bits per heavy atom. The molecule has 0 aromatic heterocycles. The van der Waals surface area contributed by atoms with Crippen LogP contribution in [0, 0.1) is 0 Å². The van der Waals surface area contributed by atoms with Crippen LogP contribution in [-0.4, -0.2) is 96.8 Å². The van der Waals surface area contributed by atoms with Crippen molar-refractivity contribution in [2.24, 2.45) is 0 Å². The minimum absolute atomic E-state index is 0.00279. The summed E-state index contributed by atoms with van der Waals surface area (Å²) in [5.41, 5.74) is 7.71. The highest BCUT2D eigenvalue weighted by molar-refractivity contribution is 5.93. The number of phenolic OH excluding ortho intramolecular Hbond substituents is 1. The molecule has 2 aliphatic rings. The van der Waals surface area contributed by atoms with Crippen LogP contribution in [0.4, 0.5) is 21.9 Å². The fourth-order valence-corrected chi connectivity index (χ4v) is 8.41. The number of para-hydroxylation sites is 1. The van der Waals surface area contributed by atoms with Gasteiger partial charge in [-0.25, -0.2) is 4.79 Å². The summed E-state index contributed by atoms with van der Waals surface area (Å²) in [4.78, 5) is 42.9. The molecule has 1 saturated heterocycles. The van der Waals surface area contributed by atoms with Crippen molar-refractivity contribution >= 4 is 41.0 Å². The zero-order valence-electron chi connectivity index (χ0n) is 37.7. The maximum Gasteiger partial charge on any atom is 0.411 e. The summed E-state index contributed by atoms with van der Waals surface area (Å²) in [7, 11) is 3.38. The number of methoxy groups -OCH3 is 1. The van der Waals surface area contributed by atoms with Gasteiger partial charge in [-0.3, -0.25) is 14.9 Å². The molecular formula is C52H60N6O8. The van der Waals surface area contributed by atoms with E-state index >= 15 is 0 Å². The molecule has 66 heavy (non-hydrogen) atoms. The first-order valence-corrected chi connectivity index (χ1v) is 22.5. The molecule has 5 aromatic carbocycles. The number of rotatable bonds is 18. The molecule has 3 amide bonds. The Morgan fingerprint density at radius 1 is 0.924 bits per heavy atom. The molecule has 14 nitrogen and oxygen atoms in total. The molecule has 14 heteroatoms. The van der Waals surface area contributed by atoms with E-state index in [9.17, 15) is 29.7 Å².